The third-order valence-corrected chi connectivity index (χ3v) is 5.34. The van der Waals surface area contributed by atoms with E-state index in [1.165, 1.54) is 0 Å². The van der Waals surface area contributed by atoms with Crippen molar-refractivity contribution in [3.63, 3.8) is 0 Å². The fourth-order valence-corrected chi connectivity index (χ4v) is 3.40. The maximum Gasteiger partial charge on any atom is 0.251 e. The van der Waals surface area contributed by atoms with Crippen molar-refractivity contribution >= 4 is 45.0 Å². The smallest absolute Gasteiger partial charge is 0.251 e. The van der Waals surface area contributed by atoms with Gasteiger partial charge in [-0.25, -0.2) is 0 Å². The predicted octanol–water partition coefficient (Wildman–Crippen LogP) is 3.57. The molecular formula is C20H21BrClN3O2. The van der Waals surface area contributed by atoms with Crippen LogP contribution >= 0.6 is 27.5 Å². The Bertz CT molecular complexity index is 788. The molecule has 0 radical (unpaired) electrons. The molecule has 27 heavy (non-hydrogen) atoms. The molecule has 1 N–H and O–H groups in total. The molecule has 1 aliphatic rings. The van der Waals surface area contributed by atoms with Gasteiger partial charge in [-0.05, 0) is 48.5 Å². The van der Waals surface area contributed by atoms with Crippen molar-refractivity contribution in [3.8, 4) is 0 Å². The van der Waals surface area contributed by atoms with E-state index in [1.807, 2.05) is 41.3 Å². The number of halogens is 2. The second kappa shape index (κ2) is 9.24. The largest absolute Gasteiger partial charge is 0.368 e. The molecule has 1 fully saturated rings. The zero-order valence-corrected chi connectivity index (χ0v) is 17.2. The molecular weight excluding hydrogens is 430 g/mol. The lowest BCUT2D eigenvalue weighted by Gasteiger charge is -2.36. The van der Waals surface area contributed by atoms with Crippen molar-refractivity contribution in [1.29, 1.82) is 0 Å². The Kier molecular flexibility index (Phi) is 6.74. The zero-order chi connectivity index (χ0) is 19.2. The van der Waals surface area contributed by atoms with Crippen molar-refractivity contribution in [2.45, 2.75) is 6.42 Å². The highest BCUT2D eigenvalue weighted by Crippen LogP contribution is 2.19. The van der Waals surface area contributed by atoms with E-state index in [2.05, 4.69) is 26.1 Å². The summed E-state index contributed by atoms with van der Waals surface area (Å²) in [7, 11) is 0. The number of nitrogens with zero attached hydrogens (tertiary/aromatic N) is 2. The van der Waals surface area contributed by atoms with Gasteiger partial charge in [0.05, 0.1) is 0 Å². The first-order chi connectivity index (χ1) is 13.0. The summed E-state index contributed by atoms with van der Waals surface area (Å²) in [5.74, 6) is -0.0929. The van der Waals surface area contributed by atoms with Crippen molar-refractivity contribution in [2.24, 2.45) is 0 Å². The third kappa shape index (κ3) is 5.47. The fraction of sp³-hybridized carbons (Fsp3) is 0.300. The summed E-state index contributed by atoms with van der Waals surface area (Å²) in [6.07, 6.45) is 0.309. The van der Waals surface area contributed by atoms with Crippen LogP contribution in [0.15, 0.2) is 53.0 Å². The summed E-state index contributed by atoms with van der Waals surface area (Å²) < 4.78 is 0.923. The Hall–Kier alpha value is -2.05. The molecule has 2 aromatic rings. The van der Waals surface area contributed by atoms with E-state index in [0.29, 0.717) is 31.6 Å². The minimum Gasteiger partial charge on any atom is -0.368 e. The van der Waals surface area contributed by atoms with Gasteiger partial charge in [-0.3, -0.25) is 9.59 Å². The second-order valence-electron chi connectivity index (χ2n) is 6.36. The average molecular weight is 451 g/mol. The molecule has 7 heteroatoms. The Morgan fingerprint density at radius 1 is 0.963 bits per heavy atom. The van der Waals surface area contributed by atoms with Gasteiger partial charge < -0.3 is 15.1 Å². The van der Waals surface area contributed by atoms with Crippen LogP contribution in [-0.4, -0.2) is 49.4 Å². The summed E-state index contributed by atoms with van der Waals surface area (Å²) >= 11 is 9.27. The van der Waals surface area contributed by atoms with Gasteiger partial charge in [-0.1, -0.05) is 27.5 Å². The number of benzene rings is 2. The van der Waals surface area contributed by atoms with E-state index >= 15 is 0 Å². The average Bonchev–Trinajstić information content (AvgIpc) is 2.69. The first-order valence-electron chi connectivity index (χ1n) is 8.85. The number of nitrogens with one attached hydrogen (secondary N) is 1. The SMILES string of the molecule is O=C(NCCC(=O)N1CCN(c2ccc(Cl)cc2)CC1)c1ccc(Br)cc1. The minimum atomic E-state index is -0.164. The van der Waals surface area contributed by atoms with Crippen molar-refractivity contribution in [3.05, 3.63) is 63.6 Å². The van der Waals surface area contributed by atoms with Crippen LogP contribution in [0.4, 0.5) is 5.69 Å². The number of anilines is 1. The highest BCUT2D eigenvalue weighted by atomic mass is 79.9. The van der Waals surface area contributed by atoms with Gasteiger partial charge in [0, 0.05) is 59.9 Å². The summed E-state index contributed by atoms with van der Waals surface area (Å²) in [6, 6.07) is 14.9. The fourth-order valence-electron chi connectivity index (χ4n) is 3.01. The summed E-state index contributed by atoms with van der Waals surface area (Å²) in [5, 5.41) is 3.52. The number of rotatable bonds is 5. The number of hydrogen-bond acceptors (Lipinski definition) is 3. The lowest BCUT2D eigenvalue weighted by atomic mass is 10.2. The van der Waals surface area contributed by atoms with Crippen LogP contribution in [0.5, 0.6) is 0 Å². The molecule has 2 amide bonds. The van der Waals surface area contributed by atoms with Gasteiger partial charge in [0.25, 0.3) is 5.91 Å². The summed E-state index contributed by atoms with van der Waals surface area (Å²) in [4.78, 5) is 28.6. The normalized spacial score (nSPS) is 14.1. The molecule has 1 saturated heterocycles. The Morgan fingerprint density at radius 2 is 1.59 bits per heavy atom. The van der Waals surface area contributed by atoms with Crippen LogP contribution in [0, 0.1) is 0 Å². The number of hydrogen-bond donors (Lipinski definition) is 1. The Morgan fingerprint density at radius 3 is 2.22 bits per heavy atom. The first-order valence-corrected chi connectivity index (χ1v) is 10.0. The first kappa shape index (κ1) is 19.7. The van der Waals surface area contributed by atoms with Gasteiger partial charge in [-0.15, -0.1) is 0 Å². The van der Waals surface area contributed by atoms with E-state index in [1.54, 1.807) is 12.1 Å². The van der Waals surface area contributed by atoms with Crippen LogP contribution in [0.2, 0.25) is 5.02 Å². The lowest BCUT2D eigenvalue weighted by Crippen LogP contribution is -2.49. The molecule has 2 aromatic carbocycles. The molecule has 0 unspecified atom stereocenters. The quantitative estimate of drug-likeness (QED) is 0.758. The summed E-state index contributed by atoms with van der Waals surface area (Å²) in [5.41, 5.74) is 1.70. The van der Waals surface area contributed by atoms with Crippen LogP contribution in [0.25, 0.3) is 0 Å². The van der Waals surface area contributed by atoms with E-state index in [-0.39, 0.29) is 11.8 Å². The Labute approximate surface area is 172 Å². The third-order valence-electron chi connectivity index (χ3n) is 4.55. The summed E-state index contributed by atoms with van der Waals surface area (Å²) in [6.45, 7) is 3.28. The molecule has 0 spiro atoms. The van der Waals surface area contributed by atoms with Crippen LogP contribution < -0.4 is 10.2 Å². The highest BCUT2D eigenvalue weighted by Gasteiger charge is 2.21. The molecule has 1 heterocycles. The van der Waals surface area contributed by atoms with Crippen molar-refractivity contribution in [2.75, 3.05) is 37.6 Å². The molecule has 0 saturated carbocycles. The molecule has 0 atom stereocenters. The molecule has 142 valence electrons. The van der Waals surface area contributed by atoms with E-state index in [9.17, 15) is 9.59 Å². The topological polar surface area (TPSA) is 52.7 Å². The van der Waals surface area contributed by atoms with Crippen LogP contribution in [-0.2, 0) is 4.79 Å². The van der Waals surface area contributed by atoms with Gasteiger partial charge in [0.1, 0.15) is 0 Å². The van der Waals surface area contributed by atoms with Crippen molar-refractivity contribution in [1.82, 2.24) is 10.2 Å². The number of carbonyl (C=O) groups is 2. The van der Waals surface area contributed by atoms with Gasteiger partial charge in [0.2, 0.25) is 5.91 Å². The Balaban J connectivity index is 1.41. The molecule has 0 aromatic heterocycles. The second-order valence-corrected chi connectivity index (χ2v) is 7.71. The molecule has 0 aliphatic carbocycles. The maximum absolute atomic E-state index is 12.4. The van der Waals surface area contributed by atoms with E-state index < -0.39 is 0 Å². The lowest BCUT2D eigenvalue weighted by molar-refractivity contribution is -0.131. The van der Waals surface area contributed by atoms with Gasteiger partial charge >= 0.3 is 0 Å². The van der Waals surface area contributed by atoms with E-state index in [0.717, 1.165) is 28.3 Å². The minimum absolute atomic E-state index is 0.0712. The standard InChI is InChI=1S/C20H21BrClN3O2/c21-16-3-1-15(2-4-16)20(27)23-10-9-19(26)25-13-11-24(12-14-25)18-7-5-17(22)6-8-18/h1-8H,9-14H2,(H,23,27). The number of piperazine rings is 1. The molecule has 5 nitrogen and oxygen atoms in total. The highest BCUT2D eigenvalue weighted by molar-refractivity contribution is 9.10. The molecule has 0 bridgehead atoms. The van der Waals surface area contributed by atoms with Crippen molar-refractivity contribution < 1.29 is 9.59 Å². The number of amides is 2. The molecule has 1 aliphatic heterocycles. The van der Waals surface area contributed by atoms with Gasteiger partial charge in [-0.2, -0.15) is 0 Å². The van der Waals surface area contributed by atoms with Crippen LogP contribution in [0.3, 0.4) is 0 Å². The molecule has 3 rings (SSSR count). The maximum atomic E-state index is 12.4. The van der Waals surface area contributed by atoms with Crippen LogP contribution in [0.1, 0.15) is 16.8 Å². The number of carbonyl (C=O) groups excluding carboxylic acids is 2. The van der Waals surface area contributed by atoms with E-state index in [4.69, 9.17) is 11.6 Å². The predicted molar refractivity (Wildman–Crippen MR) is 111 cm³/mol. The van der Waals surface area contributed by atoms with Gasteiger partial charge in [0.15, 0.2) is 0 Å². The zero-order valence-electron chi connectivity index (χ0n) is 14.8. The monoisotopic (exact) mass is 449 g/mol.